The number of aliphatic hydroxyl groups is 1. The standard InChI is InChI=1S/C13H18O2/c1-4-6-11-7-9-13(14,8-5-2)12(10-11)15-3/h4-5,7-10,12,14H,1,6H2,2-3H3. The Balaban J connectivity index is 2.91. The van der Waals surface area contributed by atoms with Crippen molar-refractivity contribution in [1.29, 1.82) is 0 Å². The minimum Gasteiger partial charge on any atom is -0.379 e. The van der Waals surface area contributed by atoms with E-state index in [4.69, 9.17) is 4.74 Å². The molecule has 0 aromatic carbocycles. The van der Waals surface area contributed by atoms with Crippen LogP contribution in [0.25, 0.3) is 0 Å². The van der Waals surface area contributed by atoms with Gasteiger partial charge in [0.1, 0.15) is 11.7 Å². The molecule has 15 heavy (non-hydrogen) atoms. The third kappa shape index (κ3) is 2.67. The van der Waals surface area contributed by atoms with E-state index in [-0.39, 0.29) is 6.10 Å². The van der Waals surface area contributed by atoms with Crippen LogP contribution in [0.5, 0.6) is 0 Å². The molecular formula is C13H18O2. The molecule has 0 aromatic heterocycles. The van der Waals surface area contributed by atoms with E-state index >= 15 is 0 Å². The smallest absolute Gasteiger partial charge is 0.131 e. The molecule has 0 saturated carbocycles. The van der Waals surface area contributed by atoms with Crippen molar-refractivity contribution in [3.05, 3.63) is 48.6 Å². The molecule has 2 unspecified atom stereocenters. The zero-order valence-corrected chi connectivity index (χ0v) is 9.31. The summed E-state index contributed by atoms with van der Waals surface area (Å²) in [6.45, 7) is 5.56. The fraction of sp³-hybridized carbons (Fsp3) is 0.385. The Bertz CT molecular complexity index is 312. The summed E-state index contributed by atoms with van der Waals surface area (Å²) in [4.78, 5) is 0. The van der Waals surface area contributed by atoms with Gasteiger partial charge in [-0.2, -0.15) is 0 Å². The number of methoxy groups -OCH3 is 1. The molecule has 0 amide bonds. The molecular weight excluding hydrogens is 188 g/mol. The highest BCUT2D eigenvalue weighted by Gasteiger charge is 2.32. The zero-order valence-electron chi connectivity index (χ0n) is 9.31. The molecule has 0 aromatic rings. The van der Waals surface area contributed by atoms with Gasteiger partial charge in [0.2, 0.25) is 0 Å². The van der Waals surface area contributed by atoms with Crippen LogP contribution < -0.4 is 0 Å². The zero-order chi connectivity index (χ0) is 11.3. The highest BCUT2D eigenvalue weighted by Crippen LogP contribution is 2.26. The Morgan fingerprint density at radius 1 is 1.67 bits per heavy atom. The maximum atomic E-state index is 10.2. The maximum Gasteiger partial charge on any atom is 0.131 e. The largest absolute Gasteiger partial charge is 0.379 e. The molecule has 2 nitrogen and oxygen atoms in total. The predicted octanol–water partition coefficient (Wildman–Crippen LogP) is 2.38. The quantitative estimate of drug-likeness (QED) is 0.716. The van der Waals surface area contributed by atoms with Crippen LogP contribution in [0.3, 0.4) is 0 Å². The number of hydrogen-bond donors (Lipinski definition) is 1. The molecule has 1 N–H and O–H groups in total. The van der Waals surface area contributed by atoms with E-state index in [1.54, 1.807) is 19.3 Å². The lowest BCUT2D eigenvalue weighted by Crippen LogP contribution is -2.40. The van der Waals surface area contributed by atoms with E-state index in [1.807, 2.05) is 31.2 Å². The Labute approximate surface area is 91.3 Å². The molecule has 2 heteroatoms. The van der Waals surface area contributed by atoms with Gasteiger partial charge in [0.05, 0.1) is 0 Å². The fourth-order valence-corrected chi connectivity index (χ4v) is 1.70. The van der Waals surface area contributed by atoms with Gasteiger partial charge in [-0.1, -0.05) is 24.3 Å². The summed E-state index contributed by atoms with van der Waals surface area (Å²) in [5.74, 6) is 0. The Morgan fingerprint density at radius 2 is 2.40 bits per heavy atom. The van der Waals surface area contributed by atoms with Crippen LogP contribution in [0.1, 0.15) is 13.3 Å². The van der Waals surface area contributed by atoms with E-state index in [9.17, 15) is 5.11 Å². The third-order valence-electron chi connectivity index (χ3n) is 2.45. The Hall–Kier alpha value is -1.12. The third-order valence-corrected chi connectivity index (χ3v) is 2.45. The van der Waals surface area contributed by atoms with Crippen molar-refractivity contribution in [2.45, 2.75) is 25.0 Å². The fourth-order valence-electron chi connectivity index (χ4n) is 1.70. The van der Waals surface area contributed by atoms with Gasteiger partial charge in [-0.25, -0.2) is 0 Å². The van der Waals surface area contributed by atoms with E-state index in [1.165, 1.54) is 0 Å². The SMILES string of the molecule is C=CCC1=CC(OC)C(O)(C=CC)C=C1. The van der Waals surface area contributed by atoms with Gasteiger partial charge in [-0.15, -0.1) is 6.58 Å². The summed E-state index contributed by atoms with van der Waals surface area (Å²) < 4.78 is 5.27. The minimum atomic E-state index is -1.02. The van der Waals surface area contributed by atoms with Crippen molar-refractivity contribution in [3.8, 4) is 0 Å². The van der Waals surface area contributed by atoms with Gasteiger partial charge < -0.3 is 9.84 Å². The van der Waals surface area contributed by atoms with Crippen molar-refractivity contribution in [3.63, 3.8) is 0 Å². The molecule has 1 aliphatic rings. The summed E-state index contributed by atoms with van der Waals surface area (Å²) in [5.41, 5.74) is 0.0970. The Morgan fingerprint density at radius 3 is 2.93 bits per heavy atom. The van der Waals surface area contributed by atoms with Crippen LogP contribution in [0, 0.1) is 0 Å². The Kier molecular flexibility index (Phi) is 4.06. The van der Waals surface area contributed by atoms with Crippen LogP contribution in [-0.2, 0) is 4.74 Å². The average molecular weight is 206 g/mol. The first-order chi connectivity index (χ1) is 7.16. The summed E-state index contributed by atoms with van der Waals surface area (Å²) >= 11 is 0. The molecule has 0 radical (unpaired) electrons. The normalized spacial score (nSPS) is 30.6. The van der Waals surface area contributed by atoms with E-state index in [2.05, 4.69) is 6.58 Å². The second kappa shape index (κ2) is 5.10. The molecule has 1 rings (SSSR count). The first kappa shape index (κ1) is 12.0. The van der Waals surface area contributed by atoms with Gasteiger partial charge in [0.25, 0.3) is 0 Å². The highest BCUT2D eigenvalue weighted by molar-refractivity contribution is 5.36. The second-order valence-electron chi connectivity index (χ2n) is 3.61. The van der Waals surface area contributed by atoms with Crippen LogP contribution >= 0.6 is 0 Å². The first-order valence-electron chi connectivity index (χ1n) is 5.06. The lowest BCUT2D eigenvalue weighted by molar-refractivity contribution is -0.00714. The van der Waals surface area contributed by atoms with Crippen LogP contribution in [0.15, 0.2) is 48.6 Å². The summed E-state index contributed by atoms with van der Waals surface area (Å²) in [7, 11) is 1.60. The van der Waals surface area contributed by atoms with Crippen molar-refractivity contribution in [2.75, 3.05) is 7.11 Å². The number of rotatable bonds is 4. The van der Waals surface area contributed by atoms with Gasteiger partial charge in [-0.3, -0.25) is 0 Å². The maximum absolute atomic E-state index is 10.2. The van der Waals surface area contributed by atoms with E-state index in [0.29, 0.717) is 0 Å². The molecule has 0 saturated heterocycles. The molecule has 1 aliphatic carbocycles. The lowest BCUT2D eigenvalue weighted by Gasteiger charge is -2.31. The number of allylic oxidation sites excluding steroid dienone is 4. The molecule has 0 heterocycles. The predicted molar refractivity (Wildman–Crippen MR) is 62.6 cm³/mol. The topological polar surface area (TPSA) is 29.5 Å². The van der Waals surface area contributed by atoms with Gasteiger partial charge in [0, 0.05) is 7.11 Å². The average Bonchev–Trinajstić information content (AvgIpc) is 2.22. The molecule has 2 atom stereocenters. The summed E-state index contributed by atoms with van der Waals surface area (Å²) in [6.07, 6.45) is 11.5. The van der Waals surface area contributed by atoms with Crippen molar-refractivity contribution in [1.82, 2.24) is 0 Å². The van der Waals surface area contributed by atoms with E-state index < -0.39 is 5.60 Å². The molecule has 0 spiro atoms. The molecule has 0 bridgehead atoms. The van der Waals surface area contributed by atoms with Crippen molar-refractivity contribution in [2.24, 2.45) is 0 Å². The summed E-state index contributed by atoms with van der Waals surface area (Å²) in [5, 5.41) is 10.2. The van der Waals surface area contributed by atoms with Gasteiger partial charge in [0.15, 0.2) is 0 Å². The van der Waals surface area contributed by atoms with Crippen LogP contribution in [0.4, 0.5) is 0 Å². The lowest BCUT2D eigenvalue weighted by atomic mass is 9.88. The van der Waals surface area contributed by atoms with Gasteiger partial charge in [-0.05, 0) is 31.1 Å². The summed E-state index contributed by atoms with van der Waals surface area (Å²) in [6, 6.07) is 0. The number of hydrogen-bond acceptors (Lipinski definition) is 2. The number of ether oxygens (including phenoxy) is 1. The highest BCUT2D eigenvalue weighted by atomic mass is 16.5. The molecule has 0 fully saturated rings. The minimum absolute atomic E-state index is 0.325. The van der Waals surface area contributed by atoms with Crippen molar-refractivity contribution >= 4 is 0 Å². The molecule has 0 aliphatic heterocycles. The van der Waals surface area contributed by atoms with Crippen LogP contribution in [-0.4, -0.2) is 23.9 Å². The van der Waals surface area contributed by atoms with Gasteiger partial charge >= 0.3 is 0 Å². The monoisotopic (exact) mass is 206 g/mol. The van der Waals surface area contributed by atoms with E-state index in [0.717, 1.165) is 12.0 Å². The first-order valence-corrected chi connectivity index (χ1v) is 5.06. The van der Waals surface area contributed by atoms with Crippen molar-refractivity contribution < 1.29 is 9.84 Å². The van der Waals surface area contributed by atoms with Crippen LogP contribution in [0.2, 0.25) is 0 Å². The molecule has 82 valence electrons. The second-order valence-corrected chi connectivity index (χ2v) is 3.61.